The van der Waals surface area contributed by atoms with Crippen LogP contribution in [-0.2, 0) is 17.5 Å². The van der Waals surface area contributed by atoms with Gasteiger partial charge in [0.2, 0.25) is 5.95 Å². The zero-order valence-corrected chi connectivity index (χ0v) is 12.5. The van der Waals surface area contributed by atoms with Crippen molar-refractivity contribution in [1.82, 2.24) is 9.97 Å². The van der Waals surface area contributed by atoms with Crippen molar-refractivity contribution >= 4 is 27.6 Å². The second kappa shape index (κ2) is 6.40. The number of hydrogen-bond acceptors (Lipinski definition) is 4. The van der Waals surface area contributed by atoms with Gasteiger partial charge in [0.05, 0.1) is 6.61 Å². The Morgan fingerprint density at radius 1 is 1.29 bits per heavy atom. The van der Waals surface area contributed by atoms with Crippen LogP contribution in [0, 0.1) is 0 Å². The molecule has 2 rings (SSSR count). The van der Waals surface area contributed by atoms with Gasteiger partial charge in [-0.05, 0) is 29.8 Å². The van der Waals surface area contributed by atoms with Crippen LogP contribution in [0.3, 0.4) is 0 Å². The van der Waals surface area contributed by atoms with Crippen molar-refractivity contribution in [2.45, 2.75) is 12.8 Å². The van der Waals surface area contributed by atoms with Crippen LogP contribution >= 0.6 is 15.9 Å². The second-order valence-electron chi connectivity index (χ2n) is 4.17. The molecular formula is C13H11BrF3N3O. The van der Waals surface area contributed by atoms with Crippen LogP contribution in [0.25, 0.3) is 0 Å². The zero-order chi connectivity index (χ0) is 15.5. The molecule has 0 spiro atoms. The predicted octanol–water partition coefficient (Wildman–Crippen LogP) is 4.15. The topological polar surface area (TPSA) is 47.0 Å². The molecule has 8 heteroatoms. The first-order valence-electron chi connectivity index (χ1n) is 5.84. The van der Waals surface area contributed by atoms with Gasteiger partial charge < -0.3 is 10.1 Å². The number of hydrogen-bond donors (Lipinski definition) is 1. The highest BCUT2D eigenvalue weighted by Crippen LogP contribution is 2.28. The monoisotopic (exact) mass is 361 g/mol. The van der Waals surface area contributed by atoms with Crippen molar-refractivity contribution in [2.75, 3.05) is 12.4 Å². The number of ether oxygens (including phenoxy) is 1. The molecule has 0 unspecified atom stereocenters. The first-order valence-corrected chi connectivity index (χ1v) is 6.63. The molecule has 0 aliphatic heterocycles. The van der Waals surface area contributed by atoms with Crippen molar-refractivity contribution in [2.24, 2.45) is 0 Å². The molecule has 1 N–H and O–H groups in total. The molecule has 0 aliphatic rings. The lowest BCUT2D eigenvalue weighted by molar-refractivity contribution is -0.141. The summed E-state index contributed by atoms with van der Waals surface area (Å²) in [6.07, 6.45) is -3.44. The minimum absolute atomic E-state index is 0.119. The highest BCUT2D eigenvalue weighted by molar-refractivity contribution is 9.10. The molecule has 0 saturated heterocycles. The number of anilines is 2. The summed E-state index contributed by atoms with van der Waals surface area (Å²) in [5, 5.41) is 2.75. The quantitative estimate of drug-likeness (QED) is 0.888. The van der Waals surface area contributed by atoms with E-state index in [0.29, 0.717) is 12.3 Å². The van der Waals surface area contributed by atoms with E-state index in [2.05, 4.69) is 31.2 Å². The van der Waals surface area contributed by atoms with Crippen molar-refractivity contribution < 1.29 is 17.9 Å². The van der Waals surface area contributed by atoms with Crippen LogP contribution in [0.4, 0.5) is 24.8 Å². The van der Waals surface area contributed by atoms with E-state index in [-0.39, 0.29) is 5.95 Å². The van der Waals surface area contributed by atoms with Gasteiger partial charge >= 0.3 is 6.18 Å². The lowest BCUT2D eigenvalue weighted by Gasteiger charge is -2.10. The van der Waals surface area contributed by atoms with E-state index in [1.54, 1.807) is 19.2 Å². The molecule has 1 aromatic carbocycles. The third-order valence-corrected chi connectivity index (χ3v) is 2.93. The fraction of sp³-hybridized carbons (Fsp3) is 0.231. The van der Waals surface area contributed by atoms with Crippen LogP contribution in [0.15, 0.2) is 34.9 Å². The predicted molar refractivity (Wildman–Crippen MR) is 75.2 cm³/mol. The van der Waals surface area contributed by atoms with Gasteiger partial charge in [-0.2, -0.15) is 13.2 Å². The summed E-state index contributed by atoms with van der Waals surface area (Å²) >= 11 is 3.33. The number of methoxy groups -OCH3 is 1. The van der Waals surface area contributed by atoms with E-state index >= 15 is 0 Å². The molecule has 0 fully saturated rings. The molecule has 0 aliphatic carbocycles. The third kappa shape index (κ3) is 4.40. The molecule has 0 bridgehead atoms. The van der Waals surface area contributed by atoms with E-state index in [0.717, 1.165) is 22.3 Å². The Morgan fingerprint density at radius 3 is 2.71 bits per heavy atom. The molecule has 0 radical (unpaired) electrons. The second-order valence-corrected chi connectivity index (χ2v) is 5.09. The van der Waals surface area contributed by atoms with Crippen molar-refractivity contribution in [1.29, 1.82) is 0 Å². The standard InChI is InChI=1S/C13H11BrF3N3O/c1-21-7-8-4-9(14)6-10(5-8)19-12-18-3-2-11(20-12)13(15,16)17/h2-6H,7H2,1H3,(H,18,19,20). The smallest absolute Gasteiger partial charge is 0.380 e. The minimum Gasteiger partial charge on any atom is -0.380 e. The summed E-state index contributed by atoms with van der Waals surface area (Å²) in [4.78, 5) is 7.24. The molecule has 0 amide bonds. The first kappa shape index (κ1) is 15.7. The first-order chi connectivity index (χ1) is 9.88. The summed E-state index contributed by atoms with van der Waals surface area (Å²) in [6, 6.07) is 6.13. The summed E-state index contributed by atoms with van der Waals surface area (Å²) in [7, 11) is 1.56. The van der Waals surface area contributed by atoms with Crippen LogP contribution in [0.2, 0.25) is 0 Å². The summed E-state index contributed by atoms with van der Waals surface area (Å²) in [6.45, 7) is 0.386. The van der Waals surface area contributed by atoms with E-state index < -0.39 is 11.9 Å². The number of benzene rings is 1. The Balaban J connectivity index is 2.26. The maximum atomic E-state index is 12.6. The van der Waals surface area contributed by atoms with Crippen LogP contribution in [0.1, 0.15) is 11.3 Å². The summed E-state index contributed by atoms with van der Waals surface area (Å²) in [5.41, 5.74) is 0.434. The summed E-state index contributed by atoms with van der Waals surface area (Å²) < 4.78 is 43.6. The zero-order valence-electron chi connectivity index (χ0n) is 10.9. The van der Waals surface area contributed by atoms with E-state index in [4.69, 9.17) is 4.74 Å². The van der Waals surface area contributed by atoms with Gasteiger partial charge in [-0.25, -0.2) is 9.97 Å². The average molecular weight is 362 g/mol. The largest absolute Gasteiger partial charge is 0.433 e. The molecule has 4 nitrogen and oxygen atoms in total. The molecule has 112 valence electrons. The molecule has 2 aromatic rings. The van der Waals surface area contributed by atoms with Gasteiger partial charge in [0.15, 0.2) is 0 Å². The maximum absolute atomic E-state index is 12.6. The fourth-order valence-corrected chi connectivity index (χ4v) is 2.22. The molecular weight excluding hydrogens is 351 g/mol. The Kier molecular flexibility index (Phi) is 4.79. The summed E-state index contributed by atoms with van der Waals surface area (Å²) in [5.74, 6) is -0.119. The number of nitrogens with zero attached hydrogens (tertiary/aromatic N) is 2. The molecule has 0 saturated carbocycles. The van der Waals surface area contributed by atoms with E-state index in [9.17, 15) is 13.2 Å². The van der Waals surface area contributed by atoms with Gasteiger partial charge in [0.25, 0.3) is 0 Å². The Morgan fingerprint density at radius 2 is 2.05 bits per heavy atom. The highest BCUT2D eigenvalue weighted by Gasteiger charge is 2.32. The van der Waals surface area contributed by atoms with Gasteiger partial charge in [-0.1, -0.05) is 15.9 Å². The number of rotatable bonds is 4. The van der Waals surface area contributed by atoms with E-state index in [1.807, 2.05) is 6.07 Å². The van der Waals surface area contributed by atoms with Gasteiger partial charge in [0, 0.05) is 23.5 Å². The maximum Gasteiger partial charge on any atom is 0.433 e. The molecule has 0 atom stereocenters. The molecule has 1 aromatic heterocycles. The number of halogens is 4. The number of alkyl halides is 3. The Hall–Kier alpha value is -1.67. The van der Waals surface area contributed by atoms with Crippen LogP contribution in [-0.4, -0.2) is 17.1 Å². The Labute approximate surface area is 127 Å². The van der Waals surface area contributed by atoms with E-state index in [1.165, 1.54) is 0 Å². The van der Waals surface area contributed by atoms with Crippen molar-refractivity contribution in [3.8, 4) is 0 Å². The third-order valence-electron chi connectivity index (χ3n) is 2.47. The SMILES string of the molecule is COCc1cc(Br)cc(Nc2nccc(C(F)(F)F)n2)c1. The average Bonchev–Trinajstić information content (AvgIpc) is 2.37. The molecule has 1 heterocycles. The number of nitrogens with one attached hydrogen (secondary N) is 1. The lowest BCUT2D eigenvalue weighted by atomic mass is 10.2. The lowest BCUT2D eigenvalue weighted by Crippen LogP contribution is -2.10. The Bertz CT molecular complexity index is 634. The van der Waals surface area contributed by atoms with Crippen LogP contribution < -0.4 is 5.32 Å². The highest BCUT2D eigenvalue weighted by atomic mass is 79.9. The van der Waals surface area contributed by atoms with Crippen LogP contribution in [0.5, 0.6) is 0 Å². The van der Waals surface area contributed by atoms with Crippen molar-refractivity contribution in [3.63, 3.8) is 0 Å². The normalized spacial score (nSPS) is 11.5. The number of aromatic nitrogens is 2. The minimum atomic E-state index is -4.50. The van der Waals surface area contributed by atoms with Crippen molar-refractivity contribution in [3.05, 3.63) is 46.2 Å². The fourth-order valence-electron chi connectivity index (χ4n) is 1.68. The van der Waals surface area contributed by atoms with Gasteiger partial charge in [0.1, 0.15) is 5.69 Å². The molecule has 21 heavy (non-hydrogen) atoms. The van der Waals surface area contributed by atoms with Gasteiger partial charge in [-0.3, -0.25) is 0 Å². The van der Waals surface area contributed by atoms with Gasteiger partial charge in [-0.15, -0.1) is 0 Å².